The van der Waals surface area contributed by atoms with Gasteiger partial charge in [-0.2, -0.15) is 15.0 Å². The molecule has 7 nitrogen and oxygen atoms in total. The van der Waals surface area contributed by atoms with E-state index in [1.807, 2.05) is 0 Å². The highest BCUT2D eigenvalue weighted by atomic mass is 79.9. The van der Waals surface area contributed by atoms with Crippen molar-refractivity contribution in [1.82, 2.24) is 15.0 Å². The van der Waals surface area contributed by atoms with Gasteiger partial charge in [0.2, 0.25) is 11.9 Å². The monoisotopic (exact) mass is 360 g/mol. The minimum Gasteiger partial charge on any atom is -0.464 e. The summed E-state index contributed by atoms with van der Waals surface area (Å²) in [7, 11) is 0. The van der Waals surface area contributed by atoms with Crippen molar-refractivity contribution in [1.29, 1.82) is 0 Å². The van der Waals surface area contributed by atoms with Gasteiger partial charge in [0.25, 0.3) is 0 Å². The number of benzene rings is 1. The lowest BCUT2D eigenvalue weighted by Gasteiger charge is -2.09. The largest absolute Gasteiger partial charge is 0.464 e. The molecule has 2 rings (SSSR count). The van der Waals surface area contributed by atoms with Gasteiger partial charge in [-0.1, -0.05) is 0 Å². The lowest BCUT2D eigenvalue weighted by molar-refractivity contribution is 0.312. The summed E-state index contributed by atoms with van der Waals surface area (Å²) in [6.45, 7) is 2.07. The van der Waals surface area contributed by atoms with Crippen LogP contribution in [0.3, 0.4) is 0 Å². The van der Waals surface area contributed by atoms with Crippen molar-refractivity contribution in [3.63, 3.8) is 0 Å². The molecule has 0 aliphatic carbocycles. The molecular formula is C11H11BrF2N6O. The summed E-state index contributed by atoms with van der Waals surface area (Å²) in [5.74, 6) is 3.90. The Morgan fingerprint density at radius 3 is 2.57 bits per heavy atom. The SMILES string of the molecule is CCOc1nc(NN)nc(Nc2cc(F)c(Br)cc2F)n1. The molecule has 0 amide bonds. The Balaban J connectivity index is 2.34. The van der Waals surface area contributed by atoms with Crippen molar-refractivity contribution >= 4 is 33.5 Å². The molecule has 0 aliphatic rings. The van der Waals surface area contributed by atoms with E-state index in [0.717, 1.165) is 12.1 Å². The van der Waals surface area contributed by atoms with Gasteiger partial charge in [-0.05, 0) is 28.9 Å². The number of nitrogen functional groups attached to an aromatic ring is 1. The van der Waals surface area contributed by atoms with Crippen molar-refractivity contribution in [3.8, 4) is 6.01 Å². The highest BCUT2D eigenvalue weighted by Crippen LogP contribution is 2.25. The van der Waals surface area contributed by atoms with E-state index in [9.17, 15) is 8.78 Å². The Morgan fingerprint density at radius 2 is 1.90 bits per heavy atom. The third kappa shape index (κ3) is 3.73. The molecule has 2 aromatic rings. The maximum absolute atomic E-state index is 13.7. The van der Waals surface area contributed by atoms with E-state index in [-0.39, 0.29) is 28.1 Å². The number of hydrogen-bond acceptors (Lipinski definition) is 7. The molecule has 0 aliphatic heterocycles. The number of anilines is 3. The Labute approximate surface area is 127 Å². The number of hydrogen-bond donors (Lipinski definition) is 3. The molecule has 0 unspecified atom stereocenters. The van der Waals surface area contributed by atoms with Crippen LogP contribution in [0, 0.1) is 11.6 Å². The van der Waals surface area contributed by atoms with Crippen LogP contribution in [0.5, 0.6) is 6.01 Å². The van der Waals surface area contributed by atoms with Crippen LogP contribution in [0.15, 0.2) is 16.6 Å². The number of hydrazine groups is 1. The summed E-state index contributed by atoms with van der Waals surface area (Å²) < 4.78 is 32.3. The van der Waals surface area contributed by atoms with Gasteiger partial charge in [-0.25, -0.2) is 14.6 Å². The summed E-state index contributed by atoms with van der Waals surface area (Å²) in [5.41, 5.74) is 2.10. The van der Waals surface area contributed by atoms with Gasteiger partial charge in [-0.3, -0.25) is 5.43 Å². The summed E-state index contributed by atoms with van der Waals surface area (Å²) in [5, 5.41) is 2.54. The normalized spacial score (nSPS) is 10.3. The number of ether oxygens (including phenoxy) is 1. The predicted molar refractivity (Wildman–Crippen MR) is 76.1 cm³/mol. The second-order valence-electron chi connectivity index (χ2n) is 3.71. The Bertz CT molecular complexity index is 657. The van der Waals surface area contributed by atoms with Crippen molar-refractivity contribution in [2.45, 2.75) is 6.92 Å². The van der Waals surface area contributed by atoms with E-state index >= 15 is 0 Å². The fraction of sp³-hybridized carbons (Fsp3) is 0.182. The fourth-order valence-corrected chi connectivity index (χ4v) is 1.72. The first-order chi connectivity index (χ1) is 10.0. The van der Waals surface area contributed by atoms with Crippen LogP contribution in [-0.4, -0.2) is 21.6 Å². The third-order valence-corrected chi connectivity index (χ3v) is 2.88. The molecule has 112 valence electrons. The quantitative estimate of drug-likeness (QED) is 0.427. The van der Waals surface area contributed by atoms with E-state index < -0.39 is 11.6 Å². The maximum atomic E-state index is 13.7. The summed E-state index contributed by atoms with van der Waals surface area (Å²) in [6.07, 6.45) is 0. The molecule has 0 saturated heterocycles. The van der Waals surface area contributed by atoms with Crippen molar-refractivity contribution < 1.29 is 13.5 Å². The summed E-state index contributed by atoms with van der Waals surface area (Å²) in [6, 6.07) is 1.96. The lowest BCUT2D eigenvalue weighted by Crippen LogP contribution is -2.13. The average Bonchev–Trinajstić information content (AvgIpc) is 2.45. The number of aromatic nitrogens is 3. The molecule has 0 radical (unpaired) electrons. The van der Waals surface area contributed by atoms with Crippen LogP contribution < -0.4 is 21.3 Å². The Morgan fingerprint density at radius 1 is 1.19 bits per heavy atom. The Hall–Kier alpha value is -2.07. The van der Waals surface area contributed by atoms with Gasteiger partial charge in [0.15, 0.2) is 0 Å². The maximum Gasteiger partial charge on any atom is 0.323 e. The Kier molecular flexibility index (Phi) is 4.81. The van der Waals surface area contributed by atoms with Crippen LogP contribution in [0.4, 0.5) is 26.4 Å². The van der Waals surface area contributed by atoms with Gasteiger partial charge in [-0.15, -0.1) is 0 Å². The van der Waals surface area contributed by atoms with Crippen LogP contribution in [0.25, 0.3) is 0 Å². The zero-order chi connectivity index (χ0) is 15.4. The summed E-state index contributed by atoms with van der Waals surface area (Å²) in [4.78, 5) is 11.6. The van der Waals surface area contributed by atoms with Crippen molar-refractivity contribution in [2.24, 2.45) is 5.84 Å². The molecule has 0 spiro atoms. The molecule has 1 aromatic heterocycles. The number of nitrogens with zero attached hydrogens (tertiary/aromatic N) is 3. The molecule has 21 heavy (non-hydrogen) atoms. The van der Waals surface area contributed by atoms with Crippen LogP contribution in [0.2, 0.25) is 0 Å². The smallest absolute Gasteiger partial charge is 0.323 e. The molecule has 1 aromatic carbocycles. The van der Waals surface area contributed by atoms with Crippen LogP contribution in [-0.2, 0) is 0 Å². The number of halogens is 3. The van der Waals surface area contributed by atoms with E-state index in [0.29, 0.717) is 6.61 Å². The summed E-state index contributed by atoms with van der Waals surface area (Å²) >= 11 is 2.89. The predicted octanol–water partition coefficient (Wildman–Crippen LogP) is 2.34. The van der Waals surface area contributed by atoms with Gasteiger partial charge in [0, 0.05) is 6.07 Å². The third-order valence-electron chi connectivity index (χ3n) is 2.27. The zero-order valence-electron chi connectivity index (χ0n) is 10.8. The molecule has 4 N–H and O–H groups in total. The number of rotatable bonds is 5. The standard InChI is InChI=1S/C11H11BrF2N6O/c1-2-21-11-18-9(17-10(19-11)20-15)16-8-4-6(13)5(12)3-7(8)14/h3-4H,2,15H2,1H3,(H2,16,17,18,19,20). The van der Waals surface area contributed by atoms with Crippen LogP contribution in [0.1, 0.15) is 6.92 Å². The molecule has 1 heterocycles. The number of nitrogens with one attached hydrogen (secondary N) is 2. The van der Waals surface area contributed by atoms with Gasteiger partial charge < -0.3 is 10.1 Å². The highest BCUT2D eigenvalue weighted by Gasteiger charge is 2.12. The van der Waals surface area contributed by atoms with E-state index in [4.69, 9.17) is 10.6 Å². The molecule has 0 fully saturated rings. The first kappa shape index (κ1) is 15.3. The van der Waals surface area contributed by atoms with E-state index in [2.05, 4.69) is 41.6 Å². The second-order valence-corrected chi connectivity index (χ2v) is 4.57. The highest BCUT2D eigenvalue weighted by molar-refractivity contribution is 9.10. The fourth-order valence-electron chi connectivity index (χ4n) is 1.41. The van der Waals surface area contributed by atoms with E-state index in [1.165, 1.54) is 0 Å². The lowest BCUT2D eigenvalue weighted by atomic mass is 10.3. The van der Waals surface area contributed by atoms with Gasteiger partial charge in [0.05, 0.1) is 16.8 Å². The molecule has 0 saturated carbocycles. The average molecular weight is 361 g/mol. The molecule has 10 heteroatoms. The zero-order valence-corrected chi connectivity index (χ0v) is 12.4. The van der Waals surface area contributed by atoms with Gasteiger partial charge >= 0.3 is 6.01 Å². The van der Waals surface area contributed by atoms with Crippen molar-refractivity contribution in [2.75, 3.05) is 17.3 Å². The second kappa shape index (κ2) is 6.59. The molecule has 0 atom stereocenters. The topological polar surface area (TPSA) is 98.0 Å². The minimum absolute atomic E-state index is 0.000872. The first-order valence-corrected chi connectivity index (χ1v) is 6.59. The van der Waals surface area contributed by atoms with Crippen LogP contribution >= 0.6 is 15.9 Å². The molecular weight excluding hydrogens is 350 g/mol. The molecule has 0 bridgehead atoms. The van der Waals surface area contributed by atoms with Crippen molar-refractivity contribution in [3.05, 3.63) is 28.2 Å². The van der Waals surface area contributed by atoms with E-state index in [1.54, 1.807) is 6.92 Å². The number of nitrogens with two attached hydrogens (primary N) is 1. The van der Waals surface area contributed by atoms with Gasteiger partial charge in [0.1, 0.15) is 11.6 Å². The minimum atomic E-state index is -0.677. The first-order valence-electron chi connectivity index (χ1n) is 5.80.